The molecule has 1 aliphatic carbocycles. The molecule has 0 radical (unpaired) electrons. The number of rotatable bonds is 5. The van der Waals surface area contributed by atoms with Gasteiger partial charge in [-0.1, -0.05) is 12.1 Å². The Kier molecular flexibility index (Phi) is 3.62. The molecule has 1 aliphatic rings. The lowest BCUT2D eigenvalue weighted by molar-refractivity contribution is 0.242. The lowest BCUT2D eigenvalue weighted by Gasteiger charge is -2.10. The lowest BCUT2D eigenvalue weighted by atomic mass is 10.1. The summed E-state index contributed by atoms with van der Waals surface area (Å²) in [6, 6.07) is 8.03. The number of ether oxygens (including phenoxy) is 1. The Bertz CT molecular complexity index is 641. The molecule has 0 atom stereocenters. The molecule has 3 rings (SSSR count). The number of nitrogens with zero attached hydrogens (tertiary/aromatic N) is 2. The number of hydrogen-bond acceptors (Lipinski definition) is 3. The Morgan fingerprint density at radius 2 is 2.14 bits per heavy atom. The van der Waals surface area contributed by atoms with Crippen LogP contribution in [0.2, 0.25) is 0 Å². The number of imidazole rings is 1. The molecule has 0 bridgehead atoms. The van der Waals surface area contributed by atoms with E-state index in [2.05, 4.69) is 11.5 Å². The molecule has 21 heavy (non-hydrogen) atoms. The largest absolute Gasteiger partial charge is 0.491 e. The van der Waals surface area contributed by atoms with Crippen LogP contribution in [0.3, 0.4) is 0 Å². The van der Waals surface area contributed by atoms with E-state index >= 15 is 0 Å². The van der Waals surface area contributed by atoms with Crippen LogP contribution < -0.4 is 10.5 Å². The molecule has 0 aliphatic heterocycles. The molecular weight excluding hydrogens is 262 g/mol. The average Bonchev–Trinajstić information content (AvgIpc) is 3.22. The molecule has 1 aromatic carbocycles. The van der Waals surface area contributed by atoms with Crippen LogP contribution in [0.1, 0.15) is 45.4 Å². The van der Waals surface area contributed by atoms with Gasteiger partial charge in [0.2, 0.25) is 0 Å². The minimum atomic E-state index is 0.160. The van der Waals surface area contributed by atoms with Gasteiger partial charge in [0.05, 0.1) is 6.10 Å². The quantitative estimate of drug-likeness (QED) is 0.908. The van der Waals surface area contributed by atoms with Crippen LogP contribution >= 0.6 is 0 Å². The number of benzene rings is 1. The van der Waals surface area contributed by atoms with E-state index in [1.807, 2.05) is 38.1 Å². The summed E-state index contributed by atoms with van der Waals surface area (Å²) in [5, 5.41) is 0. The molecule has 1 saturated carbocycles. The second-order valence-electron chi connectivity index (χ2n) is 5.92. The molecule has 0 amide bonds. The molecule has 4 heteroatoms. The minimum absolute atomic E-state index is 0.160. The Balaban J connectivity index is 2.00. The van der Waals surface area contributed by atoms with Crippen molar-refractivity contribution in [3.63, 3.8) is 0 Å². The zero-order valence-corrected chi connectivity index (χ0v) is 13.0. The minimum Gasteiger partial charge on any atom is -0.491 e. The van der Waals surface area contributed by atoms with Crippen LogP contribution in [0.15, 0.2) is 24.3 Å². The zero-order chi connectivity index (χ0) is 15.0. The van der Waals surface area contributed by atoms with Crippen molar-refractivity contribution in [2.24, 2.45) is 0 Å². The summed E-state index contributed by atoms with van der Waals surface area (Å²) < 4.78 is 7.91. The number of hydrogen-bond donors (Lipinski definition) is 1. The van der Waals surface area contributed by atoms with E-state index in [-0.39, 0.29) is 6.10 Å². The van der Waals surface area contributed by atoms with Crippen molar-refractivity contribution in [1.82, 2.24) is 9.55 Å². The Labute approximate surface area is 125 Å². The Hall–Kier alpha value is -1.97. The van der Waals surface area contributed by atoms with E-state index in [1.165, 1.54) is 12.8 Å². The highest BCUT2D eigenvalue weighted by Gasteiger charge is 2.30. The van der Waals surface area contributed by atoms with Gasteiger partial charge in [0.25, 0.3) is 0 Å². The predicted molar refractivity (Wildman–Crippen MR) is 85.5 cm³/mol. The SMILES string of the molecule is CCn1c(C2CC2)nc(-c2cccc(OC(C)C)c2)c1N. The summed E-state index contributed by atoms with van der Waals surface area (Å²) >= 11 is 0. The van der Waals surface area contributed by atoms with Crippen molar-refractivity contribution in [2.45, 2.75) is 52.2 Å². The van der Waals surface area contributed by atoms with Crippen molar-refractivity contribution < 1.29 is 4.74 Å². The summed E-state index contributed by atoms with van der Waals surface area (Å²) in [5.74, 6) is 3.36. The standard InChI is InChI=1S/C17H23N3O/c1-4-20-16(18)15(19-17(20)12-8-9-12)13-6-5-7-14(10-13)21-11(2)3/h5-7,10-12H,4,8-9,18H2,1-3H3. The molecule has 4 nitrogen and oxygen atoms in total. The first kappa shape index (κ1) is 14.0. The first-order chi connectivity index (χ1) is 10.1. The molecule has 0 saturated heterocycles. The van der Waals surface area contributed by atoms with Gasteiger partial charge in [-0.25, -0.2) is 4.98 Å². The van der Waals surface area contributed by atoms with E-state index in [0.29, 0.717) is 5.92 Å². The number of anilines is 1. The predicted octanol–water partition coefficient (Wildman–Crippen LogP) is 3.82. The molecule has 1 aromatic heterocycles. The molecular formula is C17H23N3O. The van der Waals surface area contributed by atoms with Gasteiger partial charge in [-0.2, -0.15) is 0 Å². The van der Waals surface area contributed by atoms with E-state index < -0.39 is 0 Å². The molecule has 0 unspecified atom stereocenters. The van der Waals surface area contributed by atoms with Crippen LogP contribution in [0.4, 0.5) is 5.82 Å². The lowest BCUT2D eigenvalue weighted by Crippen LogP contribution is -2.05. The topological polar surface area (TPSA) is 53.1 Å². The van der Waals surface area contributed by atoms with Gasteiger partial charge in [-0.15, -0.1) is 0 Å². The fourth-order valence-corrected chi connectivity index (χ4v) is 2.67. The van der Waals surface area contributed by atoms with Crippen molar-refractivity contribution >= 4 is 5.82 Å². The van der Waals surface area contributed by atoms with E-state index in [0.717, 1.165) is 35.2 Å². The number of nitrogens with two attached hydrogens (primary N) is 1. The zero-order valence-electron chi connectivity index (χ0n) is 13.0. The van der Waals surface area contributed by atoms with Gasteiger partial charge in [0.15, 0.2) is 0 Å². The molecule has 2 aromatic rings. The van der Waals surface area contributed by atoms with E-state index in [9.17, 15) is 0 Å². The Morgan fingerprint density at radius 1 is 1.38 bits per heavy atom. The van der Waals surface area contributed by atoms with E-state index in [4.69, 9.17) is 15.5 Å². The maximum atomic E-state index is 6.32. The monoisotopic (exact) mass is 285 g/mol. The van der Waals surface area contributed by atoms with Gasteiger partial charge < -0.3 is 15.0 Å². The summed E-state index contributed by atoms with van der Waals surface area (Å²) in [6.45, 7) is 7.04. The van der Waals surface area contributed by atoms with Crippen molar-refractivity contribution in [2.75, 3.05) is 5.73 Å². The number of nitrogen functional groups attached to an aromatic ring is 1. The van der Waals surface area contributed by atoms with Crippen LogP contribution in [0, 0.1) is 0 Å². The van der Waals surface area contributed by atoms with Gasteiger partial charge in [0, 0.05) is 18.0 Å². The highest BCUT2D eigenvalue weighted by atomic mass is 16.5. The smallest absolute Gasteiger partial charge is 0.131 e. The second kappa shape index (κ2) is 5.43. The van der Waals surface area contributed by atoms with Gasteiger partial charge >= 0.3 is 0 Å². The highest BCUT2D eigenvalue weighted by Crippen LogP contribution is 2.42. The summed E-state index contributed by atoms with van der Waals surface area (Å²) in [6.07, 6.45) is 2.62. The summed E-state index contributed by atoms with van der Waals surface area (Å²) in [4.78, 5) is 4.82. The third-order valence-electron chi connectivity index (χ3n) is 3.77. The molecule has 1 heterocycles. The second-order valence-corrected chi connectivity index (χ2v) is 5.92. The van der Waals surface area contributed by atoms with E-state index in [1.54, 1.807) is 0 Å². The normalized spacial score (nSPS) is 14.7. The Morgan fingerprint density at radius 3 is 2.76 bits per heavy atom. The fourth-order valence-electron chi connectivity index (χ4n) is 2.67. The van der Waals surface area contributed by atoms with Crippen LogP contribution in [-0.4, -0.2) is 15.7 Å². The number of aromatic nitrogens is 2. The fraction of sp³-hybridized carbons (Fsp3) is 0.471. The van der Waals surface area contributed by atoms with Crippen molar-refractivity contribution in [3.8, 4) is 17.0 Å². The van der Waals surface area contributed by atoms with Crippen LogP contribution in [-0.2, 0) is 6.54 Å². The molecule has 0 spiro atoms. The molecule has 112 valence electrons. The van der Waals surface area contributed by atoms with Gasteiger partial charge in [-0.3, -0.25) is 0 Å². The first-order valence-corrected chi connectivity index (χ1v) is 7.73. The first-order valence-electron chi connectivity index (χ1n) is 7.73. The van der Waals surface area contributed by atoms with Crippen LogP contribution in [0.5, 0.6) is 5.75 Å². The maximum Gasteiger partial charge on any atom is 0.131 e. The van der Waals surface area contributed by atoms with Crippen molar-refractivity contribution in [3.05, 3.63) is 30.1 Å². The highest BCUT2D eigenvalue weighted by molar-refractivity contribution is 5.72. The summed E-state index contributed by atoms with van der Waals surface area (Å²) in [7, 11) is 0. The molecule has 1 fully saturated rings. The average molecular weight is 285 g/mol. The van der Waals surface area contributed by atoms with Crippen molar-refractivity contribution in [1.29, 1.82) is 0 Å². The summed E-state index contributed by atoms with van der Waals surface area (Å²) in [5.41, 5.74) is 8.23. The molecule has 2 N–H and O–H groups in total. The third-order valence-corrected chi connectivity index (χ3v) is 3.77. The maximum absolute atomic E-state index is 6.32. The van der Waals surface area contributed by atoms with Gasteiger partial charge in [-0.05, 0) is 45.7 Å². The van der Waals surface area contributed by atoms with Gasteiger partial charge in [0.1, 0.15) is 23.1 Å². The third kappa shape index (κ3) is 2.75. The van der Waals surface area contributed by atoms with Crippen LogP contribution in [0.25, 0.3) is 11.3 Å².